The fourth-order valence-corrected chi connectivity index (χ4v) is 5.42. The lowest BCUT2D eigenvalue weighted by Gasteiger charge is -2.40. The smallest absolute Gasteiger partial charge is 0.0969 e. The van der Waals surface area contributed by atoms with Gasteiger partial charge in [0.05, 0.1) is 23.4 Å². The third-order valence-corrected chi connectivity index (χ3v) is 6.87. The van der Waals surface area contributed by atoms with E-state index < -0.39 is 0 Å². The molecule has 0 heterocycles. The second-order valence-electron chi connectivity index (χ2n) is 8.62. The van der Waals surface area contributed by atoms with Gasteiger partial charge in [0.2, 0.25) is 0 Å². The zero-order chi connectivity index (χ0) is 23.8. The highest BCUT2D eigenvalue weighted by Gasteiger charge is 2.32. The van der Waals surface area contributed by atoms with E-state index >= 15 is 0 Å². The van der Waals surface area contributed by atoms with Gasteiger partial charge in [-0.15, -0.1) is 0 Å². The van der Waals surface area contributed by atoms with Crippen molar-refractivity contribution in [3.05, 3.63) is 83.7 Å². The van der Waals surface area contributed by atoms with Crippen molar-refractivity contribution in [1.29, 1.82) is 10.5 Å². The summed E-state index contributed by atoms with van der Waals surface area (Å²) in [6.45, 7) is 8.72. The number of anilines is 2. The molecule has 1 atom stereocenters. The van der Waals surface area contributed by atoms with Crippen LogP contribution in [0.4, 0.5) is 11.4 Å². The molecule has 0 saturated carbocycles. The van der Waals surface area contributed by atoms with E-state index in [0.29, 0.717) is 12.8 Å². The minimum Gasteiger partial charge on any atom is -0.341 e. The SMILES string of the molecule is CC(C)N(C1=CC(N(c2ccccc2)C(C)C)=C(C#N)CC1SCCC#N)c1ccccc1. The summed E-state index contributed by atoms with van der Waals surface area (Å²) >= 11 is 1.77. The van der Waals surface area contributed by atoms with Gasteiger partial charge in [-0.25, -0.2) is 0 Å². The number of rotatable bonds is 9. The van der Waals surface area contributed by atoms with Crippen LogP contribution in [0.5, 0.6) is 0 Å². The molecule has 0 spiro atoms. The van der Waals surface area contributed by atoms with Crippen LogP contribution in [0.3, 0.4) is 0 Å². The molecule has 0 radical (unpaired) electrons. The number of nitriles is 2. The number of benzene rings is 2. The van der Waals surface area contributed by atoms with Crippen molar-refractivity contribution in [3.63, 3.8) is 0 Å². The molecule has 2 aromatic rings. The first-order valence-corrected chi connectivity index (χ1v) is 12.5. The van der Waals surface area contributed by atoms with Gasteiger partial charge in [0.15, 0.2) is 0 Å². The van der Waals surface area contributed by atoms with Crippen LogP contribution in [-0.4, -0.2) is 23.1 Å². The van der Waals surface area contributed by atoms with E-state index in [9.17, 15) is 5.26 Å². The van der Waals surface area contributed by atoms with Gasteiger partial charge in [0.25, 0.3) is 0 Å². The third kappa shape index (κ3) is 5.81. The number of hydrogen-bond acceptors (Lipinski definition) is 5. The van der Waals surface area contributed by atoms with Crippen molar-refractivity contribution in [2.75, 3.05) is 15.6 Å². The number of nitrogens with zero attached hydrogens (tertiary/aromatic N) is 4. The van der Waals surface area contributed by atoms with Crippen LogP contribution in [0.15, 0.2) is 83.7 Å². The summed E-state index contributed by atoms with van der Waals surface area (Å²) in [4.78, 5) is 4.64. The lowest BCUT2D eigenvalue weighted by Crippen LogP contribution is -2.39. The maximum Gasteiger partial charge on any atom is 0.0969 e. The molecule has 33 heavy (non-hydrogen) atoms. The molecule has 1 unspecified atom stereocenters. The Kier molecular flexibility index (Phi) is 8.64. The van der Waals surface area contributed by atoms with E-state index in [1.165, 1.54) is 5.70 Å². The fourth-order valence-electron chi connectivity index (χ4n) is 4.29. The molecule has 5 heteroatoms. The van der Waals surface area contributed by atoms with Crippen molar-refractivity contribution in [1.82, 2.24) is 0 Å². The molecule has 0 aromatic heterocycles. The molecule has 1 aliphatic carbocycles. The maximum atomic E-state index is 10.1. The van der Waals surface area contributed by atoms with E-state index in [1.54, 1.807) is 11.8 Å². The first kappa shape index (κ1) is 24.5. The Hall–Kier alpha value is -3.15. The standard InChI is InChI=1S/C28H32N4S/c1-21(2)31(24-12-7-5-8-13-24)26-19-27(28(18-23(26)20-30)33-17-11-16-29)32(22(3)4)25-14-9-6-10-15-25/h5-10,12-15,19,21-22,28H,11,17-18H2,1-4H3. The molecular weight excluding hydrogens is 424 g/mol. The van der Waals surface area contributed by atoms with Gasteiger partial charge < -0.3 is 9.80 Å². The molecular formula is C28H32N4S. The Labute approximate surface area is 202 Å². The Morgan fingerprint density at radius 3 is 1.91 bits per heavy atom. The van der Waals surface area contributed by atoms with Crippen molar-refractivity contribution in [2.24, 2.45) is 0 Å². The summed E-state index contributed by atoms with van der Waals surface area (Å²) in [5.74, 6) is 0.750. The lowest BCUT2D eigenvalue weighted by atomic mass is 9.96. The summed E-state index contributed by atoms with van der Waals surface area (Å²) in [6.07, 6.45) is 3.37. The molecule has 2 aromatic carbocycles. The van der Waals surface area contributed by atoms with Crippen molar-refractivity contribution < 1.29 is 0 Å². The summed E-state index contributed by atoms with van der Waals surface area (Å²) in [7, 11) is 0. The highest BCUT2D eigenvalue weighted by molar-refractivity contribution is 8.00. The van der Waals surface area contributed by atoms with Crippen LogP contribution in [0.25, 0.3) is 0 Å². The second kappa shape index (κ2) is 11.6. The van der Waals surface area contributed by atoms with Gasteiger partial charge in [-0.2, -0.15) is 22.3 Å². The Balaban J connectivity index is 2.16. The van der Waals surface area contributed by atoms with Crippen LogP contribution in [0.1, 0.15) is 40.5 Å². The Morgan fingerprint density at radius 1 is 0.879 bits per heavy atom. The fraction of sp³-hybridized carbons (Fsp3) is 0.357. The van der Waals surface area contributed by atoms with E-state index in [0.717, 1.165) is 28.4 Å². The normalized spacial score (nSPS) is 15.8. The van der Waals surface area contributed by atoms with Gasteiger partial charge >= 0.3 is 0 Å². The van der Waals surface area contributed by atoms with Crippen LogP contribution in [0, 0.1) is 22.7 Å². The summed E-state index contributed by atoms with van der Waals surface area (Å²) < 4.78 is 0. The quantitative estimate of drug-likeness (QED) is 0.384. The Bertz CT molecular complexity index is 1060. The largest absolute Gasteiger partial charge is 0.341 e. The zero-order valence-electron chi connectivity index (χ0n) is 19.9. The molecule has 1 aliphatic rings. The lowest BCUT2D eigenvalue weighted by molar-refractivity contribution is 0.703. The first-order chi connectivity index (χ1) is 16.0. The van der Waals surface area contributed by atoms with Gasteiger partial charge in [-0.1, -0.05) is 36.4 Å². The molecule has 4 nitrogen and oxygen atoms in total. The molecule has 0 aliphatic heterocycles. The number of allylic oxidation sites excluding steroid dienone is 2. The summed E-state index contributed by atoms with van der Waals surface area (Å²) in [5, 5.41) is 19.3. The second-order valence-corrected chi connectivity index (χ2v) is 9.93. The van der Waals surface area contributed by atoms with E-state index in [2.05, 4.69) is 92.1 Å². The highest BCUT2D eigenvalue weighted by atomic mass is 32.2. The molecule has 3 rings (SSSR count). The first-order valence-electron chi connectivity index (χ1n) is 11.5. The molecule has 0 fully saturated rings. The molecule has 0 amide bonds. The van der Waals surface area contributed by atoms with Crippen LogP contribution < -0.4 is 9.80 Å². The Morgan fingerprint density at radius 2 is 1.42 bits per heavy atom. The van der Waals surface area contributed by atoms with Crippen LogP contribution in [-0.2, 0) is 0 Å². The monoisotopic (exact) mass is 456 g/mol. The van der Waals surface area contributed by atoms with E-state index in [4.69, 9.17) is 5.26 Å². The highest BCUT2D eigenvalue weighted by Crippen LogP contribution is 2.40. The van der Waals surface area contributed by atoms with Gasteiger partial charge in [-0.05, 0) is 58.0 Å². The van der Waals surface area contributed by atoms with Gasteiger partial charge in [-0.3, -0.25) is 0 Å². The van der Waals surface area contributed by atoms with Crippen molar-refractivity contribution in [2.45, 2.75) is 57.9 Å². The van der Waals surface area contributed by atoms with Crippen molar-refractivity contribution in [3.8, 4) is 12.1 Å². The molecule has 0 N–H and O–H groups in total. The average molecular weight is 457 g/mol. The number of hydrogen-bond donors (Lipinski definition) is 0. The zero-order valence-corrected chi connectivity index (χ0v) is 20.7. The molecule has 0 bridgehead atoms. The molecule has 0 saturated heterocycles. The topological polar surface area (TPSA) is 54.1 Å². The predicted molar refractivity (Wildman–Crippen MR) is 140 cm³/mol. The maximum absolute atomic E-state index is 10.1. The summed E-state index contributed by atoms with van der Waals surface area (Å²) in [6, 6.07) is 25.9. The van der Waals surface area contributed by atoms with Crippen molar-refractivity contribution >= 4 is 23.1 Å². The van der Waals surface area contributed by atoms with Crippen LogP contribution >= 0.6 is 11.8 Å². The van der Waals surface area contributed by atoms with Gasteiger partial charge in [0.1, 0.15) is 0 Å². The molecule has 170 valence electrons. The minimum absolute atomic E-state index is 0.115. The van der Waals surface area contributed by atoms with Gasteiger partial charge in [0, 0.05) is 53.0 Å². The average Bonchev–Trinajstić information content (AvgIpc) is 2.81. The predicted octanol–water partition coefficient (Wildman–Crippen LogP) is 6.90. The third-order valence-electron chi connectivity index (χ3n) is 5.62. The number of thioether (sulfide) groups is 1. The van der Waals surface area contributed by atoms with Crippen LogP contribution in [0.2, 0.25) is 0 Å². The van der Waals surface area contributed by atoms with E-state index in [1.807, 2.05) is 24.3 Å². The number of para-hydroxylation sites is 2. The minimum atomic E-state index is 0.115. The summed E-state index contributed by atoms with van der Waals surface area (Å²) in [5.41, 5.74) is 5.17. The van der Waals surface area contributed by atoms with E-state index in [-0.39, 0.29) is 17.3 Å².